The Hall–Kier alpha value is -1.26. The fraction of sp³-hybridized carbons (Fsp3) is 0.684. The van der Waals surface area contributed by atoms with Crippen molar-refractivity contribution in [3.8, 4) is 0 Å². The van der Waals surface area contributed by atoms with Crippen molar-refractivity contribution >= 4 is 5.69 Å². The molecule has 1 aromatic carbocycles. The van der Waals surface area contributed by atoms with Gasteiger partial charge in [0.15, 0.2) is 23.3 Å². The molecule has 0 saturated heterocycles. The molecule has 0 fully saturated rings. The first-order valence-corrected chi connectivity index (χ1v) is 8.12. The number of hydrogen-bond donors (Lipinski definition) is 1. The molecule has 0 unspecified atom stereocenters. The largest absolute Gasteiger partial charge is 0.376 e. The van der Waals surface area contributed by atoms with Crippen LogP contribution in [0.2, 0.25) is 0 Å². The van der Waals surface area contributed by atoms with Gasteiger partial charge in [-0.1, -0.05) is 62.3 Å². The SMILES string of the molecule is CC(C)(C)c1c(F)c(F)c(NC(C(C)(C)C)C(C)(C)C)c(F)c1F. The van der Waals surface area contributed by atoms with Gasteiger partial charge in [-0.2, -0.15) is 0 Å². The maximum Gasteiger partial charge on any atom is 0.185 e. The van der Waals surface area contributed by atoms with Gasteiger partial charge >= 0.3 is 0 Å². The van der Waals surface area contributed by atoms with Gasteiger partial charge in [0.2, 0.25) is 0 Å². The average Bonchev–Trinajstić information content (AvgIpc) is 2.31. The van der Waals surface area contributed by atoms with Crippen LogP contribution in [0, 0.1) is 34.1 Å². The van der Waals surface area contributed by atoms with Crippen LogP contribution in [-0.4, -0.2) is 6.04 Å². The van der Waals surface area contributed by atoms with E-state index in [1.54, 1.807) is 0 Å². The summed E-state index contributed by atoms with van der Waals surface area (Å²) in [6.07, 6.45) is 0. The number of rotatable bonds is 2. The molecule has 1 aromatic rings. The lowest BCUT2D eigenvalue weighted by atomic mass is 9.72. The van der Waals surface area contributed by atoms with Crippen LogP contribution >= 0.6 is 0 Å². The van der Waals surface area contributed by atoms with E-state index in [1.807, 2.05) is 41.5 Å². The third kappa shape index (κ3) is 4.04. The maximum atomic E-state index is 14.5. The minimum Gasteiger partial charge on any atom is -0.376 e. The summed E-state index contributed by atoms with van der Waals surface area (Å²) >= 11 is 0. The lowest BCUT2D eigenvalue weighted by Gasteiger charge is -2.42. The summed E-state index contributed by atoms with van der Waals surface area (Å²) in [5.41, 5.74) is -3.14. The number of hydrogen-bond acceptors (Lipinski definition) is 1. The molecule has 0 aliphatic carbocycles. The standard InChI is InChI=1S/C19H29F4N/c1-17(2,3)10-11(20)13(22)15(14(23)12(10)21)24-16(18(4,5)6)19(7,8)9/h16,24H,1-9H3. The Morgan fingerprint density at radius 2 is 0.958 bits per heavy atom. The molecule has 0 atom stereocenters. The van der Waals surface area contributed by atoms with E-state index in [-0.39, 0.29) is 10.8 Å². The predicted octanol–water partition coefficient (Wildman–Crippen LogP) is 6.41. The van der Waals surface area contributed by atoms with Crippen LogP contribution in [0.1, 0.15) is 67.9 Å². The molecule has 1 rings (SSSR count). The Morgan fingerprint density at radius 1 is 0.625 bits per heavy atom. The molecule has 0 amide bonds. The molecule has 0 aliphatic rings. The van der Waals surface area contributed by atoms with Crippen molar-refractivity contribution in [1.29, 1.82) is 0 Å². The first kappa shape index (κ1) is 20.8. The highest BCUT2D eigenvalue weighted by molar-refractivity contribution is 5.52. The zero-order chi connectivity index (χ0) is 19.2. The number of halogens is 4. The van der Waals surface area contributed by atoms with Crippen molar-refractivity contribution in [1.82, 2.24) is 0 Å². The fourth-order valence-electron chi connectivity index (χ4n) is 3.29. The van der Waals surface area contributed by atoms with Gasteiger partial charge in [-0.3, -0.25) is 0 Å². The van der Waals surface area contributed by atoms with E-state index in [4.69, 9.17) is 0 Å². The molecule has 1 nitrogen and oxygen atoms in total. The monoisotopic (exact) mass is 347 g/mol. The van der Waals surface area contributed by atoms with E-state index in [9.17, 15) is 17.6 Å². The van der Waals surface area contributed by atoms with E-state index in [0.717, 1.165) is 0 Å². The summed E-state index contributed by atoms with van der Waals surface area (Å²) in [6, 6.07) is -0.409. The van der Waals surface area contributed by atoms with Gasteiger partial charge in [-0.05, 0) is 16.2 Å². The predicted molar refractivity (Wildman–Crippen MR) is 91.3 cm³/mol. The molecule has 0 heterocycles. The smallest absolute Gasteiger partial charge is 0.185 e. The summed E-state index contributed by atoms with van der Waals surface area (Å²) in [6.45, 7) is 16.0. The van der Waals surface area contributed by atoms with E-state index in [1.165, 1.54) is 20.8 Å². The van der Waals surface area contributed by atoms with E-state index in [2.05, 4.69) is 5.32 Å². The minimum absolute atomic E-state index is 0.382. The van der Waals surface area contributed by atoms with Crippen LogP contribution in [0.5, 0.6) is 0 Å². The second-order valence-corrected chi connectivity index (χ2v) is 9.57. The topological polar surface area (TPSA) is 12.0 Å². The molecule has 0 saturated carbocycles. The fourth-order valence-corrected chi connectivity index (χ4v) is 3.29. The third-order valence-electron chi connectivity index (χ3n) is 4.03. The van der Waals surface area contributed by atoms with Gasteiger partial charge in [-0.15, -0.1) is 0 Å². The molecule has 5 heteroatoms. The van der Waals surface area contributed by atoms with Crippen molar-refractivity contribution in [2.24, 2.45) is 10.8 Å². The molecule has 138 valence electrons. The summed E-state index contributed by atoms with van der Waals surface area (Å²) < 4.78 is 57.9. The molecule has 24 heavy (non-hydrogen) atoms. The maximum absolute atomic E-state index is 14.5. The van der Waals surface area contributed by atoms with E-state index < -0.39 is 46.0 Å². The Labute approximate surface area is 142 Å². The van der Waals surface area contributed by atoms with Crippen molar-refractivity contribution in [3.05, 3.63) is 28.8 Å². The van der Waals surface area contributed by atoms with Gasteiger partial charge < -0.3 is 5.32 Å². The molecule has 1 N–H and O–H groups in total. The Morgan fingerprint density at radius 3 is 1.21 bits per heavy atom. The van der Waals surface area contributed by atoms with Crippen LogP contribution in [0.4, 0.5) is 23.2 Å². The number of nitrogens with one attached hydrogen (secondary N) is 1. The molecule has 0 spiro atoms. The van der Waals surface area contributed by atoms with Crippen molar-refractivity contribution < 1.29 is 17.6 Å². The molecule has 0 aromatic heterocycles. The normalized spacial score (nSPS) is 13.6. The molecular weight excluding hydrogens is 318 g/mol. The highest BCUT2D eigenvalue weighted by atomic mass is 19.2. The Balaban J connectivity index is 3.58. The first-order valence-electron chi connectivity index (χ1n) is 8.12. The summed E-state index contributed by atoms with van der Waals surface area (Å²) in [7, 11) is 0. The summed E-state index contributed by atoms with van der Waals surface area (Å²) in [5, 5.41) is 2.73. The Bertz CT molecular complexity index is 573. The summed E-state index contributed by atoms with van der Waals surface area (Å²) in [4.78, 5) is 0. The van der Waals surface area contributed by atoms with Gasteiger partial charge in [0.25, 0.3) is 0 Å². The second kappa shape index (κ2) is 6.23. The van der Waals surface area contributed by atoms with Crippen molar-refractivity contribution in [2.45, 2.75) is 73.8 Å². The van der Waals surface area contributed by atoms with Crippen LogP contribution in [0.25, 0.3) is 0 Å². The highest BCUT2D eigenvalue weighted by Crippen LogP contribution is 2.40. The van der Waals surface area contributed by atoms with Gasteiger partial charge in [-0.25, -0.2) is 17.6 Å². The van der Waals surface area contributed by atoms with Gasteiger partial charge in [0, 0.05) is 11.6 Å². The number of benzene rings is 1. The second-order valence-electron chi connectivity index (χ2n) is 9.57. The van der Waals surface area contributed by atoms with Crippen molar-refractivity contribution in [3.63, 3.8) is 0 Å². The van der Waals surface area contributed by atoms with E-state index >= 15 is 0 Å². The molecule has 0 radical (unpaired) electrons. The summed E-state index contributed by atoms with van der Waals surface area (Å²) in [5.74, 6) is -5.44. The quantitative estimate of drug-likeness (QED) is 0.481. The minimum atomic E-state index is -1.38. The van der Waals surface area contributed by atoms with Crippen LogP contribution in [-0.2, 0) is 5.41 Å². The van der Waals surface area contributed by atoms with Gasteiger partial charge in [0.1, 0.15) is 5.69 Å². The van der Waals surface area contributed by atoms with Crippen LogP contribution in [0.15, 0.2) is 0 Å². The highest BCUT2D eigenvalue weighted by Gasteiger charge is 2.38. The molecular formula is C19H29F4N. The molecule has 0 bridgehead atoms. The van der Waals surface area contributed by atoms with Gasteiger partial charge in [0.05, 0.1) is 0 Å². The lowest BCUT2D eigenvalue weighted by Crippen LogP contribution is -2.45. The molecule has 0 aliphatic heterocycles. The van der Waals surface area contributed by atoms with Crippen LogP contribution < -0.4 is 5.32 Å². The first-order chi connectivity index (χ1) is 10.5. The lowest BCUT2D eigenvalue weighted by molar-refractivity contribution is 0.197. The van der Waals surface area contributed by atoms with Crippen molar-refractivity contribution in [2.75, 3.05) is 5.32 Å². The average molecular weight is 347 g/mol. The Kier molecular flexibility index (Phi) is 5.40. The van der Waals surface area contributed by atoms with Crippen LogP contribution in [0.3, 0.4) is 0 Å². The zero-order valence-corrected chi connectivity index (χ0v) is 16.1. The van der Waals surface area contributed by atoms with E-state index in [0.29, 0.717) is 0 Å². The number of anilines is 1. The third-order valence-corrected chi connectivity index (χ3v) is 4.03. The zero-order valence-electron chi connectivity index (χ0n) is 16.1.